The van der Waals surface area contributed by atoms with E-state index in [9.17, 15) is 29.2 Å². The lowest BCUT2D eigenvalue weighted by Crippen LogP contribution is -2.72. The van der Waals surface area contributed by atoms with Gasteiger partial charge in [0.2, 0.25) is 5.91 Å². The zero-order valence-corrected chi connectivity index (χ0v) is 18.7. The Labute approximate surface area is 199 Å². The Morgan fingerprint density at radius 3 is 2.80 bits per heavy atom. The van der Waals surface area contributed by atoms with E-state index < -0.39 is 53.0 Å². The molecule has 2 aliphatic heterocycles. The Bertz CT molecular complexity index is 1130. The number of nitrogens with one attached hydrogen (secondary N) is 4. The summed E-state index contributed by atoms with van der Waals surface area (Å²) in [5, 5.41) is 32.8. The average Bonchev–Trinajstić information content (AvgIpc) is 3.17. The third-order valence-electron chi connectivity index (χ3n) is 6.28. The topological polar surface area (TPSA) is 184 Å². The van der Waals surface area contributed by atoms with Crippen molar-refractivity contribution >= 4 is 40.9 Å². The monoisotopic (exact) mass is 486 g/mol. The fourth-order valence-corrected chi connectivity index (χ4v) is 4.50. The van der Waals surface area contributed by atoms with Crippen LogP contribution >= 0.6 is 0 Å². The molecule has 5 N–H and O–H groups in total. The number of carboxylic acid groups (broad SMARTS) is 1. The maximum absolute atomic E-state index is 14.1. The number of carbonyl (C=O) groups is 5. The van der Waals surface area contributed by atoms with Crippen LogP contribution in [-0.2, 0) is 19.2 Å². The molecule has 3 heterocycles. The van der Waals surface area contributed by atoms with Crippen LogP contribution < -0.4 is 16.0 Å². The third-order valence-corrected chi connectivity index (χ3v) is 6.28. The average molecular weight is 486 g/mol. The second-order valence-corrected chi connectivity index (χ2v) is 8.69. The Balaban J connectivity index is 1.54. The van der Waals surface area contributed by atoms with Gasteiger partial charge in [0.05, 0.1) is 12.5 Å². The van der Waals surface area contributed by atoms with Gasteiger partial charge in [-0.2, -0.15) is 5.01 Å². The minimum absolute atomic E-state index is 0.0270. The summed E-state index contributed by atoms with van der Waals surface area (Å²) in [5.41, 5.74) is 1.01. The summed E-state index contributed by atoms with van der Waals surface area (Å²) < 4.78 is -1.28. The standard InChI is InChI=1S/C22H26N6O7/c29-11-15(8-20(31)32)24-21(33)14-9-23-12-27-19(30)6-5-18(28(27,35)10-14)26-22(34)17-7-13-3-1-2-4-16(13)25-17/h1-4,7,11,14-15,18,23,25H,5-6,8-10,12H2,(H,24,33)(H,26,34)(H,31,32)/t14?,15-,18?,28?/m0/s1. The van der Waals surface area contributed by atoms with Gasteiger partial charge in [-0.3, -0.25) is 29.8 Å². The number of hydroxylamine groups is 2. The van der Waals surface area contributed by atoms with Crippen molar-refractivity contribution in [3.8, 4) is 0 Å². The van der Waals surface area contributed by atoms with Crippen LogP contribution in [-0.4, -0.2) is 81.8 Å². The molecule has 2 saturated heterocycles. The molecule has 186 valence electrons. The van der Waals surface area contributed by atoms with Gasteiger partial charge < -0.3 is 25.4 Å². The van der Waals surface area contributed by atoms with E-state index in [-0.39, 0.29) is 38.3 Å². The van der Waals surface area contributed by atoms with Crippen molar-refractivity contribution in [2.75, 3.05) is 19.8 Å². The van der Waals surface area contributed by atoms with Crippen LogP contribution in [0, 0.1) is 11.1 Å². The maximum atomic E-state index is 14.1. The first-order valence-corrected chi connectivity index (χ1v) is 11.2. The molecule has 0 spiro atoms. The van der Waals surface area contributed by atoms with Crippen molar-refractivity contribution < 1.29 is 33.8 Å². The van der Waals surface area contributed by atoms with E-state index in [1.165, 1.54) is 0 Å². The molecule has 2 aromatic rings. The fourth-order valence-electron chi connectivity index (χ4n) is 4.50. The van der Waals surface area contributed by atoms with Crippen molar-refractivity contribution in [2.45, 2.75) is 31.5 Å². The largest absolute Gasteiger partial charge is 0.604 e. The van der Waals surface area contributed by atoms with E-state index in [0.717, 1.165) is 15.9 Å². The van der Waals surface area contributed by atoms with Gasteiger partial charge in [0, 0.05) is 30.3 Å². The highest BCUT2D eigenvalue weighted by Gasteiger charge is 2.48. The van der Waals surface area contributed by atoms with Gasteiger partial charge >= 0.3 is 5.97 Å². The molecule has 3 amide bonds. The number of H-pyrrole nitrogens is 1. The van der Waals surface area contributed by atoms with Gasteiger partial charge in [0.1, 0.15) is 31.1 Å². The molecule has 2 aliphatic rings. The predicted molar refractivity (Wildman–Crippen MR) is 121 cm³/mol. The van der Waals surface area contributed by atoms with E-state index in [1.54, 1.807) is 6.07 Å². The van der Waals surface area contributed by atoms with Crippen LogP contribution in [0.2, 0.25) is 0 Å². The number of quaternary nitrogens is 1. The molecule has 35 heavy (non-hydrogen) atoms. The van der Waals surface area contributed by atoms with E-state index >= 15 is 0 Å². The molecule has 13 heteroatoms. The first kappa shape index (κ1) is 24.3. The molecular weight excluding hydrogens is 460 g/mol. The van der Waals surface area contributed by atoms with E-state index in [2.05, 4.69) is 20.9 Å². The molecule has 0 aliphatic carbocycles. The van der Waals surface area contributed by atoms with Crippen molar-refractivity contribution in [1.82, 2.24) is 25.9 Å². The maximum Gasteiger partial charge on any atom is 0.305 e. The number of carboxylic acids is 1. The van der Waals surface area contributed by atoms with Crippen LogP contribution in [0.15, 0.2) is 30.3 Å². The number of nitrogens with zero attached hydrogens (tertiary/aromatic N) is 2. The zero-order chi connectivity index (χ0) is 25.2. The SMILES string of the molecule is O=C[C@H](CC(=O)O)NC(=O)C1CNCN2C(=O)CCC(NC(=O)c3cc4ccccc4[nH]3)[N+]2([O-])C1. The van der Waals surface area contributed by atoms with Crippen molar-refractivity contribution in [1.29, 1.82) is 0 Å². The van der Waals surface area contributed by atoms with Crippen molar-refractivity contribution in [3.63, 3.8) is 0 Å². The molecule has 4 atom stereocenters. The number of para-hydroxylation sites is 1. The van der Waals surface area contributed by atoms with Gasteiger partial charge in [0.15, 0.2) is 6.17 Å². The summed E-state index contributed by atoms with van der Waals surface area (Å²) in [6, 6.07) is 7.72. The second kappa shape index (κ2) is 9.82. The lowest BCUT2D eigenvalue weighted by atomic mass is 10.1. The van der Waals surface area contributed by atoms with Crippen LogP contribution in [0.4, 0.5) is 0 Å². The quantitative estimate of drug-likeness (QED) is 0.195. The number of hydrogen-bond acceptors (Lipinski definition) is 7. The van der Waals surface area contributed by atoms with Gasteiger partial charge in [-0.05, 0) is 12.1 Å². The lowest BCUT2D eigenvalue weighted by Gasteiger charge is -2.55. The molecule has 13 nitrogen and oxygen atoms in total. The van der Waals surface area contributed by atoms with Gasteiger partial charge in [0.25, 0.3) is 11.8 Å². The third kappa shape index (κ3) is 5.01. The Hall–Kier alpha value is -3.81. The predicted octanol–water partition coefficient (Wildman–Crippen LogP) is -0.589. The van der Waals surface area contributed by atoms with E-state index in [0.29, 0.717) is 6.29 Å². The molecule has 1 aromatic heterocycles. The number of aromatic nitrogens is 1. The van der Waals surface area contributed by atoms with Crippen LogP contribution in [0.3, 0.4) is 0 Å². The Morgan fingerprint density at radius 1 is 1.31 bits per heavy atom. The summed E-state index contributed by atoms with van der Waals surface area (Å²) in [6.07, 6.45) is -1.19. The van der Waals surface area contributed by atoms with Gasteiger partial charge in [-0.25, -0.2) is 4.76 Å². The number of rotatable bonds is 7. The zero-order valence-electron chi connectivity index (χ0n) is 18.7. The normalized spacial score (nSPS) is 25.3. The fraction of sp³-hybridized carbons (Fsp3) is 0.409. The number of aliphatic carboxylic acids is 1. The van der Waals surface area contributed by atoms with Gasteiger partial charge in [-0.15, -0.1) is 0 Å². The Kier molecular flexibility index (Phi) is 6.82. The van der Waals surface area contributed by atoms with Crippen molar-refractivity contribution in [2.24, 2.45) is 5.92 Å². The van der Waals surface area contributed by atoms with E-state index in [1.807, 2.05) is 24.3 Å². The molecule has 1 aromatic carbocycles. The minimum atomic E-state index is -1.28. The van der Waals surface area contributed by atoms with Gasteiger partial charge in [-0.1, -0.05) is 18.2 Å². The number of aldehydes is 1. The number of hydrogen-bond donors (Lipinski definition) is 5. The first-order chi connectivity index (χ1) is 16.7. The first-order valence-electron chi connectivity index (χ1n) is 11.2. The molecule has 3 unspecified atom stereocenters. The summed E-state index contributed by atoms with van der Waals surface area (Å²) in [4.78, 5) is 63.4. The number of aromatic amines is 1. The molecule has 0 radical (unpaired) electrons. The number of fused-ring (bicyclic) bond motifs is 2. The Morgan fingerprint density at radius 2 is 2.09 bits per heavy atom. The highest BCUT2D eigenvalue weighted by atomic mass is 16.6. The summed E-state index contributed by atoms with van der Waals surface area (Å²) in [7, 11) is 0. The summed E-state index contributed by atoms with van der Waals surface area (Å²) in [6.45, 7) is -0.489. The number of amides is 3. The summed E-state index contributed by atoms with van der Waals surface area (Å²) >= 11 is 0. The molecule has 2 fully saturated rings. The molecule has 0 saturated carbocycles. The minimum Gasteiger partial charge on any atom is -0.604 e. The second-order valence-electron chi connectivity index (χ2n) is 8.69. The lowest BCUT2D eigenvalue weighted by molar-refractivity contribution is -1.01. The highest BCUT2D eigenvalue weighted by molar-refractivity contribution is 5.98. The van der Waals surface area contributed by atoms with Crippen LogP contribution in [0.5, 0.6) is 0 Å². The van der Waals surface area contributed by atoms with Crippen LogP contribution in [0.1, 0.15) is 29.8 Å². The smallest absolute Gasteiger partial charge is 0.305 e. The number of carbonyl (C=O) groups excluding carboxylic acids is 4. The van der Waals surface area contributed by atoms with E-state index in [4.69, 9.17) is 5.11 Å². The number of benzene rings is 1. The summed E-state index contributed by atoms with van der Waals surface area (Å²) in [5.74, 6) is -3.87. The van der Waals surface area contributed by atoms with Crippen molar-refractivity contribution in [3.05, 3.63) is 41.2 Å². The molecular formula is C22H26N6O7. The highest BCUT2D eigenvalue weighted by Crippen LogP contribution is 2.29. The molecule has 4 rings (SSSR count). The molecule has 0 bridgehead atoms. The van der Waals surface area contributed by atoms with Crippen LogP contribution in [0.25, 0.3) is 10.9 Å².